The van der Waals surface area contributed by atoms with E-state index in [1.165, 1.54) is 10.3 Å². The van der Waals surface area contributed by atoms with E-state index in [4.69, 9.17) is 9.84 Å². The first-order valence-electron chi connectivity index (χ1n) is 10.6. The van der Waals surface area contributed by atoms with E-state index in [1.807, 2.05) is 10.9 Å². The maximum absolute atomic E-state index is 13.3. The summed E-state index contributed by atoms with van der Waals surface area (Å²) in [7, 11) is 0. The molecule has 1 aliphatic carbocycles. The Balaban J connectivity index is 1.77. The second kappa shape index (κ2) is 9.99. The maximum Gasteiger partial charge on any atom is 0.325 e. The van der Waals surface area contributed by atoms with E-state index in [1.54, 1.807) is 19.2 Å². The van der Waals surface area contributed by atoms with Crippen LogP contribution in [0.3, 0.4) is 0 Å². The highest BCUT2D eigenvalue weighted by Crippen LogP contribution is 2.39. The van der Waals surface area contributed by atoms with Crippen LogP contribution >= 0.6 is 12.3 Å². The van der Waals surface area contributed by atoms with Gasteiger partial charge in [-0.1, -0.05) is 12.8 Å². The van der Waals surface area contributed by atoms with Gasteiger partial charge in [-0.25, -0.2) is 13.9 Å². The summed E-state index contributed by atoms with van der Waals surface area (Å²) in [5.74, 6) is 0.430. The molecule has 0 aliphatic heterocycles. The number of fused-ring (bicyclic) bond motifs is 1. The second-order valence-corrected chi connectivity index (χ2v) is 8.21. The number of esters is 1. The van der Waals surface area contributed by atoms with Crippen molar-refractivity contribution in [3.8, 4) is 17.3 Å². The van der Waals surface area contributed by atoms with Crippen molar-refractivity contribution in [3.05, 3.63) is 24.8 Å². The van der Waals surface area contributed by atoms with E-state index in [-0.39, 0.29) is 31.5 Å². The van der Waals surface area contributed by atoms with Gasteiger partial charge in [-0.3, -0.25) is 9.48 Å². The molecule has 1 atom stereocenters. The Morgan fingerprint density at radius 1 is 1.44 bits per heavy atom. The number of carbonyl (C=O) groups excluding carboxylic acids is 1. The van der Waals surface area contributed by atoms with Crippen molar-refractivity contribution in [2.45, 2.75) is 45.1 Å². The highest BCUT2D eigenvalue weighted by Gasteiger charge is 2.29. The Bertz CT molecular complexity index is 1130. The molecule has 9 nitrogen and oxygen atoms in total. The summed E-state index contributed by atoms with van der Waals surface area (Å²) in [4.78, 5) is 20.6. The van der Waals surface area contributed by atoms with Gasteiger partial charge in [0.2, 0.25) is 0 Å². The average molecular weight is 458 g/mol. The molecule has 3 aromatic rings. The van der Waals surface area contributed by atoms with Gasteiger partial charge in [0.05, 0.1) is 36.4 Å². The third-order valence-corrected chi connectivity index (χ3v) is 6.24. The van der Waals surface area contributed by atoms with Gasteiger partial charge >= 0.3 is 5.97 Å². The summed E-state index contributed by atoms with van der Waals surface area (Å²) in [6.07, 6.45) is 9.57. The summed E-state index contributed by atoms with van der Waals surface area (Å²) < 4.78 is 21.4. The first kappa shape index (κ1) is 22.1. The molecule has 4 rings (SSSR count). The lowest BCUT2D eigenvalue weighted by Gasteiger charge is -2.21. The minimum absolute atomic E-state index is 0.0558. The van der Waals surface area contributed by atoms with Crippen LogP contribution in [0.2, 0.25) is 0 Å². The summed E-state index contributed by atoms with van der Waals surface area (Å²) in [6.45, 7) is 1.98. The van der Waals surface area contributed by atoms with Crippen LogP contribution in [0.25, 0.3) is 22.3 Å². The lowest BCUT2D eigenvalue weighted by molar-refractivity contribution is -0.140. The number of nitriles is 1. The number of nitrogens with one attached hydrogen (secondary N) is 1. The van der Waals surface area contributed by atoms with Gasteiger partial charge in [0.15, 0.2) is 23.8 Å². The van der Waals surface area contributed by atoms with Crippen molar-refractivity contribution in [1.29, 1.82) is 5.26 Å². The molecule has 1 unspecified atom stereocenters. The monoisotopic (exact) mass is 457 g/mol. The van der Waals surface area contributed by atoms with Crippen molar-refractivity contribution < 1.29 is 13.4 Å². The zero-order chi connectivity index (χ0) is 22.5. The molecule has 168 valence electrons. The highest BCUT2D eigenvalue weighted by atomic mass is 32.2. The molecule has 0 radical (unpaired) electrons. The summed E-state index contributed by atoms with van der Waals surface area (Å²) in [5.41, 5.74) is 1.67. The molecule has 0 bridgehead atoms. The van der Waals surface area contributed by atoms with Crippen LogP contribution in [-0.2, 0) is 9.53 Å². The van der Waals surface area contributed by atoms with Crippen molar-refractivity contribution in [3.63, 3.8) is 0 Å². The van der Waals surface area contributed by atoms with Gasteiger partial charge in [0.1, 0.15) is 12.9 Å². The highest BCUT2D eigenvalue weighted by molar-refractivity contribution is 7.92. The lowest BCUT2D eigenvalue weighted by atomic mass is 9.96. The molecule has 1 saturated carbocycles. The van der Waals surface area contributed by atoms with E-state index in [0.29, 0.717) is 40.4 Å². The molecule has 0 aromatic carbocycles. The number of halogens is 1. The first-order chi connectivity index (χ1) is 15.7. The molecule has 32 heavy (non-hydrogen) atoms. The molecular weight excluding hydrogens is 433 g/mol. The van der Waals surface area contributed by atoms with E-state index >= 15 is 0 Å². The molecule has 0 spiro atoms. The molecule has 3 heterocycles. The van der Waals surface area contributed by atoms with Crippen molar-refractivity contribution in [1.82, 2.24) is 23.7 Å². The van der Waals surface area contributed by atoms with Crippen molar-refractivity contribution >= 4 is 35.2 Å². The second-order valence-electron chi connectivity index (χ2n) is 7.67. The fourth-order valence-electron chi connectivity index (χ4n) is 4.34. The first-order valence-corrected chi connectivity index (χ1v) is 11.3. The Hall–Kier alpha value is -3.13. The number of hydrogen-bond acceptors (Lipinski definition) is 8. The number of hydrogen-bond donors (Lipinski definition) is 1. The topological polar surface area (TPSA) is 111 Å². The molecule has 1 fully saturated rings. The van der Waals surface area contributed by atoms with Crippen LogP contribution < -0.4 is 5.32 Å². The van der Waals surface area contributed by atoms with E-state index < -0.39 is 5.97 Å². The van der Waals surface area contributed by atoms with E-state index in [2.05, 4.69) is 21.4 Å². The largest absolute Gasteiger partial charge is 0.465 e. The lowest BCUT2D eigenvalue weighted by Crippen LogP contribution is -2.19. The Morgan fingerprint density at radius 3 is 2.97 bits per heavy atom. The molecule has 1 aliphatic rings. The summed E-state index contributed by atoms with van der Waals surface area (Å²) >= 11 is 0.0589. The van der Waals surface area contributed by atoms with Gasteiger partial charge < -0.3 is 10.1 Å². The van der Waals surface area contributed by atoms with Gasteiger partial charge in [-0.2, -0.15) is 10.4 Å². The number of nitrogens with zero attached hydrogens (tertiary/aromatic N) is 6. The predicted octanol–water partition coefficient (Wildman–Crippen LogP) is 4.30. The number of rotatable bonds is 9. The molecule has 1 N–H and O–H groups in total. The van der Waals surface area contributed by atoms with Crippen LogP contribution in [0, 0.1) is 17.2 Å². The zero-order valence-corrected chi connectivity index (χ0v) is 18.5. The van der Waals surface area contributed by atoms with Gasteiger partial charge in [-0.05, 0) is 31.7 Å². The minimum Gasteiger partial charge on any atom is -0.465 e. The van der Waals surface area contributed by atoms with Gasteiger partial charge in [0, 0.05) is 17.8 Å². The normalized spacial score (nSPS) is 15.0. The number of ether oxygens (including phenoxy) is 1. The van der Waals surface area contributed by atoms with Gasteiger partial charge in [0.25, 0.3) is 0 Å². The smallest absolute Gasteiger partial charge is 0.325 e. The van der Waals surface area contributed by atoms with Crippen molar-refractivity contribution in [2.24, 2.45) is 5.92 Å². The van der Waals surface area contributed by atoms with Crippen LogP contribution in [0.15, 0.2) is 24.8 Å². The standard InChI is InChI=1S/C21H24FN7O2S/c1-2-31-18(30)11-24-20-16(19-15-8-10-29(32-22)21(15)26-13-25-19)12-28(27-20)17(7-9-23)14-5-3-4-6-14/h8,10,12-14,17H,2-7,11H2,1H3,(H,24,27). The van der Waals surface area contributed by atoms with E-state index in [9.17, 15) is 13.9 Å². The Kier molecular flexibility index (Phi) is 6.90. The quantitative estimate of drug-likeness (QED) is 0.474. The molecule has 11 heteroatoms. The number of aromatic nitrogens is 5. The van der Waals surface area contributed by atoms with Crippen LogP contribution in [0.4, 0.5) is 9.70 Å². The van der Waals surface area contributed by atoms with Crippen LogP contribution in [0.1, 0.15) is 45.1 Å². The van der Waals surface area contributed by atoms with Crippen LogP contribution in [0.5, 0.6) is 0 Å². The number of anilines is 1. The van der Waals surface area contributed by atoms with Crippen molar-refractivity contribution in [2.75, 3.05) is 18.5 Å². The SMILES string of the molecule is CCOC(=O)CNc1nn(C(CC#N)C2CCCC2)cc1-c1ncnc2c1ccn2SF. The fraction of sp³-hybridized carbons (Fsp3) is 0.476. The minimum atomic E-state index is -0.398. The van der Waals surface area contributed by atoms with Gasteiger partial charge in [-0.15, -0.1) is 3.89 Å². The van der Waals surface area contributed by atoms with E-state index in [0.717, 1.165) is 25.7 Å². The molecule has 3 aromatic heterocycles. The van der Waals surface area contributed by atoms with Crippen LogP contribution in [-0.4, -0.2) is 42.8 Å². The zero-order valence-electron chi connectivity index (χ0n) is 17.7. The fourth-order valence-corrected chi connectivity index (χ4v) is 4.66. The third kappa shape index (κ3) is 4.41. The molecule has 0 saturated heterocycles. The molecular formula is C21H24FN7O2S. The Labute approximate surface area is 189 Å². The average Bonchev–Trinajstić information content (AvgIpc) is 3.55. The predicted molar refractivity (Wildman–Crippen MR) is 119 cm³/mol. The maximum atomic E-state index is 13.3. The summed E-state index contributed by atoms with van der Waals surface area (Å²) in [5, 5.41) is 17.9. The molecule has 0 amide bonds. The summed E-state index contributed by atoms with van der Waals surface area (Å²) in [6, 6.07) is 3.97. The third-order valence-electron chi connectivity index (χ3n) is 5.80. The Morgan fingerprint density at radius 2 is 2.25 bits per heavy atom. The number of carbonyl (C=O) groups is 1.